The molecule has 0 aromatic heterocycles. The quantitative estimate of drug-likeness (QED) is 0.416. The van der Waals surface area contributed by atoms with Gasteiger partial charge in [0.25, 0.3) is 0 Å². The molecule has 0 bridgehead atoms. The second-order valence-corrected chi connectivity index (χ2v) is 5.24. The lowest BCUT2D eigenvalue weighted by Crippen LogP contribution is -2.32. The van der Waals surface area contributed by atoms with Gasteiger partial charge in [-0.15, -0.1) is 0 Å². The standard InChI is InChI=1S/C6H10N2O4S3/c7-3(5(9)10)1-14-15-2-4(8-13)6(11)12/h3-4H,1-2,7H2,(H,9,10)(H,11,12)/t3?,4-/m0/s1. The van der Waals surface area contributed by atoms with E-state index in [1.165, 1.54) is 21.6 Å². The average Bonchev–Trinajstić information content (AvgIpc) is 2.16. The number of hydrogen-bond acceptors (Lipinski definition) is 7. The van der Waals surface area contributed by atoms with E-state index in [0.29, 0.717) is 0 Å². The number of carboxylic acid groups (broad SMARTS) is 2. The Labute approximate surface area is 99.6 Å². The van der Waals surface area contributed by atoms with Gasteiger partial charge in [0.05, 0.1) is 0 Å². The predicted molar refractivity (Wildman–Crippen MR) is 61.7 cm³/mol. The number of carboxylic acids is 2. The molecule has 6 nitrogen and oxygen atoms in total. The SMILES string of the molecule is NC(CSSC[C@H](N=S)C(=O)O)C(=O)O. The molecule has 0 aromatic rings. The zero-order chi connectivity index (χ0) is 11.8. The first-order valence-electron chi connectivity index (χ1n) is 3.77. The van der Waals surface area contributed by atoms with Gasteiger partial charge in [0.1, 0.15) is 6.04 Å². The highest BCUT2D eigenvalue weighted by molar-refractivity contribution is 8.76. The summed E-state index contributed by atoms with van der Waals surface area (Å²) in [5, 5.41) is 17.0. The van der Waals surface area contributed by atoms with E-state index in [2.05, 4.69) is 16.8 Å². The smallest absolute Gasteiger partial charge is 0.330 e. The van der Waals surface area contributed by atoms with Gasteiger partial charge < -0.3 is 15.9 Å². The zero-order valence-corrected chi connectivity index (χ0v) is 9.98. The Hall–Kier alpha value is -0.380. The molecule has 2 atom stereocenters. The molecule has 86 valence electrons. The van der Waals surface area contributed by atoms with Crippen LogP contribution in [-0.2, 0) is 22.0 Å². The third-order valence-corrected chi connectivity index (χ3v) is 3.97. The van der Waals surface area contributed by atoms with Gasteiger partial charge in [-0.05, 0) is 0 Å². The summed E-state index contributed by atoms with van der Waals surface area (Å²) in [4.78, 5) is 20.8. The van der Waals surface area contributed by atoms with E-state index in [-0.39, 0.29) is 11.5 Å². The van der Waals surface area contributed by atoms with Crippen molar-refractivity contribution in [2.45, 2.75) is 12.1 Å². The van der Waals surface area contributed by atoms with Crippen molar-refractivity contribution in [3.05, 3.63) is 0 Å². The van der Waals surface area contributed by atoms with Crippen molar-refractivity contribution < 1.29 is 19.8 Å². The molecule has 15 heavy (non-hydrogen) atoms. The Kier molecular flexibility index (Phi) is 7.65. The van der Waals surface area contributed by atoms with E-state index in [1.807, 2.05) is 0 Å². The molecule has 0 rings (SSSR count). The van der Waals surface area contributed by atoms with Crippen LogP contribution in [0.5, 0.6) is 0 Å². The Morgan fingerprint density at radius 2 is 1.80 bits per heavy atom. The van der Waals surface area contributed by atoms with Crippen LogP contribution in [0.1, 0.15) is 0 Å². The summed E-state index contributed by atoms with van der Waals surface area (Å²) >= 11 is 4.30. The summed E-state index contributed by atoms with van der Waals surface area (Å²) in [6.07, 6.45) is 0. The Morgan fingerprint density at radius 1 is 1.27 bits per heavy atom. The molecule has 0 radical (unpaired) electrons. The first-order chi connectivity index (χ1) is 6.99. The van der Waals surface area contributed by atoms with Gasteiger partial charge in [-0.1, -0.05) is 21.6 Å². The molecule has 0 saturated carbocycles. The van der Waals surface area contributed by atoms with Crippen LogP contribution in [0, 0.1) is 0 Å². The molecule has 0 saturated heterocycles. The molecular weight excluding hydrogens is 260 g/mol. The largest absolute Gasteiger partial charge is 0.480 e. The van der Waals surface area contributed by atoms with Crippen molar-refractivity contribution in [2.75, 3.05) is 11.5 Å². The summed E-state index contributed by atoms with van der Waals surface area (Å²) in [5.41, 5.74) is 5.23. The lowest BCUT2D eigenvalue weighted by Gasteiger charge is -2.06. The van der Waals surface area contributed by atoms with E-state index in [0.717, 1.165) is 0 Å². The van der Waals surface area contributed by atoms with E-state index in [1.54, 1.807) is 0 Å². The van der Waals surface area contributed by atoms with Crippen LogP contribution >= 0.6 is 21.6 Å². The highest BCUT2D eigenvalue weighted by Gasteiger charge is 2.17. The predicted octanol–water partition coefficient (Wildman–Crippen LogP) is -0.0366. The first kappa shape index (κ1) is 14.6. The van der Waals surface area contributed by atoms with Gasteiger partial charge in [0.2, 0.25) is 0 Å². The van der Waals surface area contributed by atoms with Crippen LogP contribution in [0.4, 0.5) is 0 Å². The minimum Gasteiger partial charge on any atom is -0.480 e. The van der Waals surface area contributed by atoms with Crippen molar-refractivity contribution in [2.24, 2.45) is 10.1 Å². The summed E-state index contributed by atoms with van der Waals surface area (Å²) in [6.45, 7) is 0. The molecule has 0 aromatic carbocycles. The van der Waals surface area contributed by atoms with Crippen molar-refractivity contribution >= 4 is 46.0 Å². The van der Waals surface area contributed by atoms with Gasteiger partial charge >= 0.3 is 11.9 Å². The van der Waals surface area contributed by atoms with Crippen LogP contribution in [0.15, 0.2) is 4.36 Å². The van der Waals surface area contributed by atoms with Gasteiger partial charge in [0.15, 0.2) is 6.04 Å². The summed E-state index contributed by atoms with van der Waals surface area (Å²) in [6, 6.07) is -1.87. The lowest BCUT2D eigenvalue weighted by atomic mass is 10.4. The maximum absolute atomic E-state index is 10.5. The molecule has 4 N–H and O–H groups in total. The van der Waals surface area contributed by atoms with Crippen molar-refractivity contribution in [3.8, 4) is 0 Å². The van der Waals surface area contributed by atoms with Crippen molar-refractivity contribution in [3.63, 3.8) is 0 Å². The fourth-order valence-corrected chi connectivity index (χ4v) is 2.94. The first-order valence-corrected chi connectivity index (χ1v) is 6.62. The fraction of sp³-hybridized carbons (Fsp3) is 0.667. The number of nitrogens with zero attached hydrogens (tertiary/aromatic N) is 1. The van der Waals surface area contributed by atoms with Crippen molar-refractivity contribution in [1.29, 1.82) is 0 Å². The third kappa shape index (κ3) is 6.66. The fourth-order valence-electron chi connectivity index (χ4n) is 0.452. The van der Waals surface area contributed by atoms with E-state index in [9.17, 15) is 9.59 Å². The Balaban J connectivity index is 3.66. The van der Waals surface area contributed by atoms with Gasteiger partial charge in [-0.25, -0.2) is 9.16 Å². The van der Waals surface area contributed by atoms with E-state index >= 15 is 0 Å². The number of nitrogens with two attached hydrogens (primary N) is 1. The molecule has 0 aliphatic carbocycles. The molecule has 0 heterocycles. The molecule has 0 spiro atoms. The molecule has 0 amide bonds. The molecule has 0 fully saturated rings. The minimum atomic E-state index is -1.08. The normalized spacial score (nSPS) is 14.2. The summed E-state index contributed by atoms with van der Waals surface area (Å²) in [7, 11) is 2.38. The van der Waals surface area contributed by atoms with Gasteiger partial charge in [0, 0.05) is 23.9 Å². The van der Waals surface area contributed by atoms with Crippen LogP contribution in [-0.4, -0.2) is 45.7 Å². The van der Waals surface area contributed by atoms with Gasteiger partial charge in [-0.3, -0.25) is 4.79 Å². The number of rotatable bonds is 8. The number of carbonyl (C=O) groups is 2. The summed E-state index contributed by atoms with van der Waals surface area (Å²) < 4.78 is 3.24. The lowest BCUT2D eigenvalue weighted by molar-refractivity contribution is -0.138. The van der Waals surface area contributed by atoms with E-state index < -0.39 is 24.0 Å². The topological polar surface area (TPSA) is 113 Å². The van der Waals surface area contributed by atoms with Crippen LogP contribution in [0.25, 0.3) is 0 Å². The Bertz CT molecular complexity index is 251. The number of hydrogen-bond donors (Lipinski definition) is 3. The second kappa shape index (κ2) is 7.85. The Morgan fingerprint density at radius 3 is 2.20 bits per heavy atom. The minimum absolute atomic E-state index is 0.204. The molecule has 9 heteroatoms. The highest BCUT2D eigenvalue weighted by atomic mass is 33.1. The molecule has 1 unspecified atom stereocenters. The molecule has 0 aliphatic heterocycles. The average molecular weight is 270 g/mol. The molecule has 0 aliphatic rings. The maximum atomic E-state index is 10.5. The van der Waals surface area contributed by atoms with Crippen molar-refractivity contribution in [1.82, 2.24) is 0 Å². The highest BCUT2D eigenvalue weighted by Crippen LogP contribution is 2.23. The maximum Gasteiger partial charge on any atom is 0.330 e. The molecular formula is C6H10N2O4S3. The summed E-state index contributed by atoms with van der Waals surface area (Å²) in [5.74, 6) is -1.74. The van der Waals surface area contributed by atoms with E-state index in [4.69, 9.17) is 15.9 Å². The number of aliphatic carboxylic acids is 2. The van der Waals surface area contributed by atoms with Crippen LogP contribution in [0.2, 0.25) is 0 Å². The zero-order valence-electron chi connectivity index (χ0n) is 7.53. The second-order valence-electron chi connectivity index (χ2n) is 2.47. The van der Waals surface area contributed by atoms with Crippen LogP contribution < -0.4 is 5.73 Å². The third-order valence-electron chi connectivity index (χ3n) is 1.29. The van der Waals surface area contributed by atoms with Gasteiger partial charge in [-0.2, -0.15) is 0 Å². The monoisotopic (exact) mass is 270 g/mol. The van der Waals surface area contributed by atoms with Crippen LogP contribution in [0.3, 0.4) is 0 Å².